The topological polar surface area (TPSA) is 38.9 Å². The van der Waals surface area contributed by atoms with Crippen molar-refractivity contribution in [2.45, 2.75) is 43.3 Å². The molecule has 2 nitrogen and oxygen atoms in total. The summed E-state index contributed by atoms with van der Waals surface area (Å²) in [7, 11) is 0. The van der Waals surface area contributed by atoms with E-state index in [0.29, 0.717) is 0 Å². The molecule has 2 rings (SSSR count). The van der Waals surface area contributed by atoms with Crippen LogP contribution in [0.1, 0.15) is 36.8 Å². The molecule has 1 aliphatic carbocycles. The van der Waals surface area contributed by atoms with Gasteiger partial charge in [-0.3, -0.25) is 4.98 Å². The van der Waals surface area contributed by atoms with Crippen molar-refractivity contribution >= 4 is 0 Å². The SMILES string of the molecule is NC1(c2cnccc2C(F)(F)F)CCC(F)(F)CC1. The zero-order valence-electron chi connectivity index (χ0n) is 9.97. The second kappa shape index (κ2) is 4.40. The third-order valence-electron chi connectivity index (χ3n) is 3.54. The van der Waals surface area contributed by atoms with Gasteiger partial charge in [-0.1, -0.05) is 0 Å². The Hall–Kier alpha value is -1.24. The van der Waals surface area contributed by atoms with Gasteiger partial charge >= 0.3 is 6.18 Å². The average molecular weight is 280 g/mol. The van der Waals surface area contributed by atoms with Crippen LogP contribution in [0.2, 0.25) is 0 Å². The summed E-state index contributed by atoms with van der Waals surface area (Å²) in [5, 5.41) is 0. The molecule has 0 aliphatic heterocycles. The van der Waals surface area contributed by atoms with Crippen molar-refractivity contribution in [3.8, 4) is 0 Å². The zero-order valence-corrected chi connectivity index (χ0v) is 9.97. The maximum absolute atomic E-state index is 13.1. The van der Waals surface area contributed by atoms with Crippen LogP contribution in [0.3, 0.4) is 0 Å². The van der Waals surface area contributed by atoms with E-state index in [4.69, 9.17) is 5.73 Å². The van der Waals surface area contributed by atoms with E-state index in [1.807, 2.05) is 0 Å². The highest BCUT2D eigenvalue weighted by Crippen LogP contribution is 2.45. The summed E-state index contributed by atoms with van der Waals surface area (Å²) in [6.45, 7) is 0. The van der Waals surface area contributed by atoms with E-state index in [2.05, 4.69) is 4.98 Å². The minimum absolute atomic E-state index is 0.186. The fraction of sp³-hybridized carbons (Fsp3) is 0.583. The second-order valence-electron chi connectivity index (χ2n) is 4.93. The van der Waals surface area contributed by atoms with Crippen LogP contribution in [-0.2, 0) is 11.7 Å². The van der Waals surface area contributed by atoms with Crippen molar-refractivity contribution in [2.75, 3.05) is 0 Å². The van der Waals surface area contributed by atoms with Gasteiger partial charge in [-0.25, -0.2) is 8.78 Å². The number of nitrogens with zero attached hydrogens (tertiary/aromatic N) is 1. The molecule has 1 heterocycles. The van der Waals surface area contributed by atoms with Crippen LogP contribution in [-0.4, -0.2) is 10.9 Å². The Labute approximate surface area is 106 Å². The van der Waals surface area contributed by atoms with Crippen molar-refractivity contribution < 1.29 is 22.0 Å². The molecule has 0 bridgehead atoms. The molecule has 0 radical (unpaired) electrons. The summed E-state index contributed by atoms with van der Waals surface area (Å²) < 4.78 is 64.9. The smallest absolute Gasteiger partial charge is 0.321 e. The van der Waals surface area contributed by atoms with Crippen LogP contribution in [0.4, 0.5) is 22.0 Å². The maximum Gasteiger partial charge on any atom is 0.416 e. The molecule has 19 heavy (non-hydrogen) atoms. The normalized spacial score (nSPS) is 22.2. The molecular formula is C12H13F5N2. The number of rotatable bonds is 1. The Morgan fingerprint density at radius 3 is 2.21 bits per heavy atom. The Morgan fingerprint density at radius 2 is 1.68 bits per heavy atom. The van der Waals surface area contributed by atoms with Crippen LogP contribution in [0, 0.1) is 0 Å². The van der Waals surface area contributed by atoms with E-state index in [1.165, 1.54) is 0 Å². The molecule has 1 aromatic rings. The van der Waals surface area contributed by atoms with Crippen molar-refractivity contribution in [3.05, 3.63) is 29.6 Å². The first-order valence-corrected chi connectivity index (χ1v) is 5.82. The van der Waals surface area contributed by atoms with Gasteiger partial charge in [0.1, 0.15) is 0 Å². The highest BCUT2D eigenvalue weighted by Gasteiger charge is 2.46. The lowest BCUT2D eigenvalue weighted by Crippen LogP contribution is -2.44. The molecule has 0 saturated heterocycles. The molecule has 1 fully saturated rings. The number of nitrogens with two attached hydrogens (primary N) is 1. The quantitative estimate of drug-likeness (QED) is 0.800. The lowest BCUT2D eigenvalue weighted by atomic mass is 9.75. The summed E-state index contributed by atoms with van der Waals surface area (Å²) in [6, 6.07) is 0.830. The van der Waals surface area contributed by atoms with E-state index in [9.17, 15) is 22.0 Å². The molecule has 0 amide bonds. The fourth-order valence-corrected chi connectivity index (χ4v) is 2.37. The van der Waals surface area contributed by atoms with Gasteiger partial charge in [0.25, 0.3) is 0 Å². The van der Waals surface area contributed by atoms with Gasteiger partial charge in [0, 0.05) is 36.3 Å². The Kier molecular flexibility index (Phi) is 3.28. The number of halogens is 5. The predicted octanol–water partition coefficient (Wildman–Crippen LogP) is 3.46. The van der Waals surface area contributed by atoms with Crippen LogP contribution < -0.4 is 5.73 Å². The van der Waals surface area contributed by atoms with Gasteiger partial charge in [-0.15, -0.1) is 0 Å². The van der Waals surface area contributed by atoms with Gasteiger partial charge in [0.05, 0.1) is 5.56 Å². The first-order valence-electron chi connectivity index (χ1n) is 5.82. The van der Waals surface area contributed by atoms with E-state index >= 15 is 0 Å². The molecule has 1 saturated carbocycles. The first kappa shape index (κ1) is 14.2. The fourth-order valence-electron chi connectivity index (χ4n) is 2.37. The Morgan fingerprint density at radius 1 is 1.11 bits per heavy atom. The summed E-state index contributed by atoms with van der Waals surface area (Å²) in [4.78, 5) is 3.65. The molecular weight excluding hydrogens is 267 g/mol. The van der Waals surface area contributed by atoms with Crippen molar-refractivity contribution in [3.63, 3.8) is 0 Å². The number of hydrogen-bond donors (Lipinski definition) is 1. The van der Waals surface area contributed by atoms with E-state index < -0.39 is 36.0 Å². The molecule has 0 atom stereocenters. The van der Waals surface area contributed by atoms with Gasteiger partial charge in [-0.2, -0.15) is 13.2 Å². The zero-order chi connectivity index (χ0) is 14.3. The standard InChI is InChI=1S/C12H13F5N2/c13-11(14)4-2-10(18,3-5-11)9-7-19-6-1-8(9)12(15,16)17/h1,6-7H,2-5,18H2. The number of aromatic nitrogens is 1. The molecule has 7 heteroatoms. The monoisotopic (exact) mass is 280 g/mol. The lowest BCUT2D eigenvalue weighted by molar-refractivity contribution is -0.139. The molecule has 0 unspecified atom stereocenters. The van der Waals surface area contributed by atoms with Crippen LogP contribution in [0.15, 0.2) is 18.5 Å². The van der Waals surface area contributed by atoms with E-state index in [0.717, 1.165) is 18.5 Å². The average Bonchev–Trinajstić information content (AvgIpc) is 2.32. The highest BCUT2D eigenvalue weighted by atomic mass is 19.4. The van der Waals surface area contributed by atoms with Gasteiger partial charge in [0.15, 0.2) is 0 Å². The molecule has 106 valence electrons. The van der Waals surface area contributed by atoms with Crippen LogP contribution in [0.25, 0.3) is 0 Å². The van der Waals surface area contributed by atoms with Crippen LogP contribution in [0.5, 0.6) is 0 Å². The van der Waals surface area contributed by atoms with Crippen LogP contribution >= 0.6 is 0 Å². The minimum atomic E-state index is -4.56. The number of pyridine rings is 1. The summed E-state index contributed by atoms with van der Waals surface area (Å²) >= 11 is 0. The first-order chi connectivity index (χ1) is 8.64. The largest absolute Gasteiger partial charge is 0.416 e. The predicted molar refractivity (Wildman–Crippen MR) is 58.5 cm³/mol. The summed E-state index contributed by atoms with van der Waals surface area (Å²) in [6.07, 6.45) is -3.89. The highest BCUT2D eigenvalue weighted by molar-refractivity contribution is 5.33. The molecule has 0 aromatic carbocycles. The molecule has 2 N–H and O–H groups in total. The Balaban J connectivity index is 2.37. The number of alkyl halides is 5. The minimum Gasteiger partial charge on any atom is -0.321 e. The lowest BCUT2D eigenvalue weighted by Gasteiger charge is -2.38. The number of hydrogen-bond acceptors (Lipinski definition) is 2. The maximum atomic E-state index is 13.1. The third kappa shape index (κ3) is 2.86. The van der Waals surface area contributed by atoms with E-state index in [-0.39, 0.29) is 18.4 Å². The molecule has 0 spiro atoms. The van der Waals surface area contributed by atoms with Crippen molar-refractivity contribution in [1.29, 1.82) is 0 Å². The Bertz CT molecular complexity index is 459. The molecule has 1 aliphatic rings. The van der Waals surface area contributed by atoms with Gasteiger partial charge in [-0.05, 0) is 18.9 Å². The molecule has 1 aromatic heterocycles. The third-order valence-corrected chi connectivity index (χ3v) is 3.54. The van der Waals surface area contributed by atoms with Crippen molar-refractivity contribution in [2.24, 2.45) is 5.73 Å². The van der Waals surface area contributed by atoms with Gasteiger partial charge < -0.3 is 5.73 Å². The van der Waals surface area contributed by atoms with Crippen molar-refractivity contribution in [1.82, 2.24) is 4.98 Å². The summed E-state index contributed by atoms with van der Waals surface area (Å²) in [5.74, 6) is -2.84. The summed E-state index contributed by atoms with van der Waals surface area (Å²) in [5.41, 5.74) is 3.45. The second-order valence-corrected chi connectivity index (χ2v) is 4.93. The van der Waals surface area contributed by atoms with E-state index in [1.54, 1.807) is 0 Å². The van der Waals surface area contributed by atoms with Gasteiger partial charge in [0.2, 0.25) is 5.92 Å².